The molecule has 17 heavy (non-hydrogen) atoms. The number of aromatic nitrogens is 2. The minimum absolute atomic E-state index is 0.288. The second-order valence-electron chi connectivity index (χ2n) is 5.10. The van der Waals surface area contributed by atoms with Gasteiger partial charge in [0.1, 0.15) is 5.82 Å². The van der Waals surface area contributed by atoms with Crippen molar-refractivity contribution in [3.63, 3.8) is 0 Å². The van der Waals surface area contributed by atoms with E-state index in [1.165, 1.54) is 30.8 Å². The standard InChI is InChI=1S/C13H20N2OS/c16-12-5-3-6-15-11(12)9-14-13(15)8-10-4-1-2-7-17-10/h9-10,12,16H,1-8H2. The van der Waals surface area contributed by atoms with Gasteiger partial charge in [-0.05, 0) is 31.4 Å². The maximum Gasteiger partial charge on any atom is 0.110 e. The van der Waals surface area contributed by atoms with Crippen molar-refractivity contribution >= 4 is 11.8 Å². The van der Waals surface area contributed by atoms with Crippen LogP contribution in [0.2, 0.25) is 0 Å². The highest BCUT2D eigenvalue weighted by molar-refractivity contribution is 7.99. The fourth-order valence-corrected chi connectivity index (χ4v) is 4.18. The van der Waals surface area contributed by atoms with Gasteiger partial charge in [-0.1, -0.05) is 6.42 Å². The molecular formula is C13H20N2OS. The summed E-state index contributed by atoms with van der Waals surface area (Å²) in [5, 5.41) is 10.7. The van der Waals surface area contributed by atoms with Gasteiger partial charge in [-0.25, -0.2) is 4.98 Å². The van der Waals surface area contributed by atoms with Crippen molar-refractivity contribution in [1.82, 2.24) is 9.55 Å². The average Bonchev–Trinajstić information content (AvgIpc) is 2.76. The van der Waals surface area contributed by atoms with Gasteiger partial charge in [-0.3, -0.25) is 0 Å². The number of rotatable bonds is 2. The SMILES string of the molecule is OC1CCCn2c1cnc2CC1CCCCS1. The van der Waals surface area contributed by atoms with Crippen LogP contribution < -0.4 is 0 Å². The maximum absolute atomic E-state index is 9.91. The lowest BCUT2D eigenvalue weighted by Gasteiger charge is -2.24. The minimum Gasteiger partial charge on any atom is -0.387 e. The molecule has 0 saturated carbocycles. The number of aliphatic hydroxyl groups is 1. The zero-order chi connectivity index (χ0) is 11.7. The average molecular weight is 252 g/mol. The summed E-state index contributed by atoms with van der Waals surface area (Å²) in [7, 11) is 0. The third-order valence-corrected chi connectivity index (χ3v) is 5.25. The monoisotopic (exact) mass is 252 g/mol. The summed E-state index contributed by atoms with van der Waals surface area (Å²) in [4.78, 5) is 4.53. The Balaban J connectivity index is 1.74. The van der Waals surface area contributed by atoms with Crippen LogP contribution in [-0.2, 0) is 13.0 Å². The van der Waals surface area contributed by atoms with E-state index in [9.17, 15) is 5.11 Å². The van der Waals surface area contributed by atoms with Crippen molar-refractivity contribution in [2.24, 2.45) is 0 Å². The van der Waals surface area contributed by atoms with E-state index >= 15 is 0 Å². The summed E-state index contributed by atoms with van der Waals surface area (Å²) in [5.74, 6) is 2.50. The van der Waals surface area contributed by atoms with E-state index in [-0.39, 0.29) is 6.10 Å². The van der Waals surface area contributed by atoms with Crippen LogP contribution in [0.3, 0.4) is 0 Å². The molecule has 3 nitrogen and oxygen atoms in total. The lowest BCUT2D eigenvalue weighted by atomic mass is 10.1. The predicted molar refractivity (Wildman–Crippen MR) is 70.2 cm³/mol. The second kappa shape index (κ2) is 5.02. The van der Waals surface area contributed by atoms with E-state index in [1.807, 2.05) is 6.20 Å². The van der Waals surface area contributed by atoms with E-state index in [2.05, 4.69) is 21.3 Å². The number of thioether (sulfide) groups is 1. The lowest BCUT2D eigenvalue weighted by molar-refractivity contribution is 0.138. The Bertz CT molecular complexity index is 385. The van der Waals surface area contributed by atoms with Crippen LogP contribution in [0.5, 0.6) is 0 Å². The number of aliphatic hydroxyl groups excluding tert-OH is 1. The van der Waals surface area contributed by atoms with Gasteiger partial charge in [0.25, 0.3) is 0 Å². The van der Waals surface area contributed by atoms with Gasteiger partial charge in [-0.2, -0.15) is 11.8 Å². The van der Waals surface area contributed by atoms with Gasteiger partial charge in [0.15, 0.2) is 0 Å². The maximum atomic E-state index is 9.91. The van der Waals surface area contributed by atoms with Crippen molar-refractivity contribution in [2.75, 3.05) is 5.75 Å². The number of imidazole rings is 1. The molecule has 1 saturated heterocycles. The third kappa shape index (κ3) is 2.38. The molecule has 4 heteroatoms. The Kier molecular flexibility index (Phi) is 3.43. The second-order valence-corrected chi connectivity index (χ2v) is 6.51. The zero-order valence-electron chi connectivity index (χ0n) is 10.1. The quantitative estimate of drug-likeness (QED) is 0.879. The molecule has 2 aliphatic heterocycles. The Morgan fingerprint density at radius 3 is 3.12 bits per heavy atom. The molecule has 0 radical (unpaired) electrons. The van der Waals surface area contributed by atoms with E-state index in [0.29, 0.717) is 0 Å². The highest BCUT2D eigenvalue weighted by atomic mass is 32.2. The minimum atomic E-state index is -0.288. The van der Waals surface area contributed by atoms with Gasteiger partial charge in [0.05, 0.1) is 18.0 Å². The van der Waals surface area contributed by atoms with Crippen LogP contribution >= 0.6 is 11.8 Å². The molecule has 3 heterocycles. The lowest BCUT2D eigenvalue weighted by Crippen LogP contribution is -2.20. The molecule has 1 fully saturated rings. The number of fused-ring (bicyclic) bond motifs is 1. The van der Waals surface area contributed by atoms with E-state index in [4.69, 9.17) is 0 Å². The van der Waals surface area contributed by atoms with Crippen LogP contribution in [0.1, 0.15) is 49.7 Å². The molecular weight excluding hydrogens is 232 g/mol. The molecule has 1 aromatic rings. The first kappa shape index (κ1) is 11.6. The summed E-state index contributed by atoms with van der Waals surface area (Å²) in [6, 6.07) is 0. The van der Waals surface area contributed by atoms with Crippen LogP contribution in [0.15, 0.2) is 6.20 Å². The Morgan fingerprint density at radius 1 is 1.35 bits per heavy atom. The zero-order valence-corrected chi connectivity index (χ0v) is 11.0. The Labute approximate surface area is 107 Å². The van der Waals surface area contributed by atoms with Gasteiger partial charge in [-0.15, -0.1) is 0 Å². The first-order valence-corrected chi connectivity index (χ1v) is 7.73. The smallest absolute Gasteiger partial charge is 0.110 e. The molecule has 0 aliphatic carbocycles. The molecule has 2 aliphatic rings. The largest absolute Gasteiger partial charge is 0.387 e. The molecule has 94 valence electrons. The topological polar surface area (TPSA) is 38.0 Å². The van der Waals surface area contributed by atoms with Crippen molar-refractivity contribution in [3.8, 4) is 0 Å². The van der Waals surface area contributed by atoms with E-state index in [1.54, 1.807) is 0 Å². The molecule has 0 amide bonds. The van der Waals surface area contributed by atoms with Gasteiger partial charge in [0.2, 0.25) is 0 Å². The highest BCUT2D eigenvalue weighted by Crippen LogP contribution is 2.30. The molecule has 0 aromatic carbocycles. The molecule has 3 rings (SSSR count). The number of hydrogen-bond acceptors (Lipinski definition) is 3. The van der Waals surface area contributed by atoms with Crippen molar-refractivity contribution in [3.05, 3.63) is 17.7 Å². The fourth-order valence-electron chi connectivity index (χ4n) is 2.88. The summed E-state index contributed by atoms with van der Waals surface area (Å²) < 4.78 is 2.25. The number of hydrogen-bond donors (Lipinski definition) is 1. The third-order valence-electron chi connectivity index (χ3n) is 3.85. The molecule has 1 N–H and O–H groups in total. The number of nitrogens with zero attached hydrogens (tertiary/aromatic N) is 2. The molecule has 0 spiro atoms. The first-order chi connectivity index (χ1) is 8.34. The summed E-state index contributed by atoms with van der Waals surface area (Å²) in [6.07, 6.45) is 8.72. The normalized spacial score (nSPS) is 29.0. The predicted octanol–water partition coefficient (Wildman–Crippen LogP) is 2.54. The van der Waals surface area contributed by atoms with Gasteiger partial charge in [0, 0.05) is 18.2 Å². The summed E-state index contributed by atoms with van der Waals surface area (Å²) >= 11 is 2.10. The first-order valence-electron chi connectivity index (χ1n) is 6.68. The van der Waals surface area contributed by atoms with E-state index in [0.717, 1.165) is 36.8 Å². The van der Waals surface area contributed by atoms with Gasteiger partial charge >= 0.3 is 0 Å². The highest BCUT2D eigenvalue weighted by Gasteiger charge is 2.23. The van der Waals surface area contributed by atoms with Crippen molar-refractivity contribution < 1.29 is 5.11 Å². The Hall–Kier alpha value is -0.480. The van der Waals surface area contributed by atoms with Crippen LogP contribution in [0, 0.1) is 0 Å². The molecule has 0 bridgehead atoms. The Morgan fingerprint density at radius 2 is 2.29 bits per heavy atom. The summed E-state index contributed by atoms with van der Waals surface area (Å²) in [6.45, 7) is 1.04. The van der Waals surface area contributed by atoms with Crippen LogP contribution in [0.25, 0.3) is 0 Å². The van der Waals surface area contributed by atoms with Crippen LogP contribution in [0.4, 0.5) is 0 Å². The fraction of sp³-hybridized carbons (Fsp3) is 0.769. The summed E-state index contributed by atoms with van der Waals surface area (Å²) in [5.41, 5.74) is 1.03. The van der Waals surface area contributed by atoms with Gasteiger partial charge < -0.3 is 9.67 Å². The van der Waals surface area contributed by atoms with E-state index < -0.39 is 0 Å². The van der Waals surface area contributed by atoms with Crippen molar-refractivity contribution in [2.45, 2.75) is 56.4 Å². The molecule has 2 unspecified atom stereocenters. The van der Waals surface area contributed by atoms with Crippen LogP contribution in [-0.4, -0.2) is 25.7 Å². The van der Waals surface area contributed by atoms with Crippen molar-refractivity contribution in [1.29, 1.82) is 0 Å². The molecule has 1 aromatic heterocycles. The molecule has 2 atom stereocenters.